The van der Waals surface area contributed by atoms with Gasteiger partial charge in [-0.25, -0.2) is 0 Å². The van der Waals surface area contributed by atoms with E-state index in [0.717, 1.165) is 28.9 Å². The highest BCUT2D eigenvalue weighted by Gasteiger charge is 2.30. The van der Waals surface area contributed by atoms with Crippen LogP contribution in [0.3, 0.4) is 0 Å². The molecule has 0 saturated heterocycles. The van der Waals surface area contributed by atoms with E-state index >= 15 is 0 Å². The summed E-state index contributed by atoms with van der Waals surface area (Å²) in [6.07, 6.45) is -4.44. The van der Waals surface area contributed by atoms with Gasteiger partial charge in [0.15, 0.2) is 0 Å². The van der Waals surface area contributed by atoms with Crippen LogP contribution >= 0.6 is 0 Å². The van der Waals surface area contributed by atoms with E-state index in [1.807, 2.05) is 25.1 Å². The van der Waals surface area contributed by atoms with Gasteiger partial charge in [0.1, 0.15) is 0 Å². The van der Waals surface area contributed by atoms with E-state index in [1.165, 1.54) is 12.1 Å². The van der Waals surface area contributed by atoms with E-state index < -0.39 is 17.6 Å². The molecule has 2 rings (SSSR count). The van der Waals surface area contributed by atoms with Crippen molar-refractivity contribution >= 4 is 17.3 Å². The molecular weight excluding hydrogens is 329 g/mol. The maximum atomic E-state index is 12.7. The number of carbonyl (C=O) groups excluding carboxylic acids is 1. The molecule has 2 N–H and O–H groups in total. The van der Waals surface area contributed by atoms with E-state index in [4.69, 9.17) is 0 Å². The highest BCUT2D eigenvalue weighted by molar-refractivity contribution is 5.94. The number of para-hydroxylation sites is 1. The molecule has 1 amide bonds. The quantitative estimate of drug-likeness (QED) is 0.779. The summed E-state index contributed by atoms with van der Waals surface area (Å²) in [7, 11) is 0. The summed E-state index contributed by atoms with van der Waals surface area (Å²) in [4.78, 5) is 12.1. The molecule has 0 saturated carbocycles. The molecule has 0 bridgehead atoms. The van der Waals surface area contributed by atoms with Crippen LogP contribution in [0.15, 0.2) is 42.5 Å². The minimum absolute atomic E-state index is 0.0270. The number of alkyl halides is 3. The maximum Gasteiger partial charge on any atom is 0.416 e. The Hall–Kier alpha value is -2.50. The van der Waals surface area contributed by atoms with Crippen LogP contribution in [0.25, 0.3) is 0 Å². The van der Waals surface area contributed by atoms with Gasteiger partial charge >= 0.3 is 6.18 Å². The van der Waals surface area contributed by atoms with Gasteiger partial charge in [-0.1, -0.05) is 38.1 Å². The van der Waals surface area contributed by atoms with Crippen LogP contribution in [0.2, 0.25) is 0 Å². The zero-order valence-electron chi connectivity index (χ0n) is 14.4. The summed E-state index contributed by atoms with van der Waals surface area (Å²) in [5.74, 6) is -0.119. The van der Waals surface area contributed by atoms with Crippen molar-refractivity contribution in [3.8, 4) is 0 Å². The number of nitrogens with one attached hydrogen (secondary N) is 2. The Morgan fingerprint density at radius 2 is 1.80 bits per heavy atom. The van der Waals surface area contributed by atoms with Crippen molar-refractivity contribution in [3.63, 3.8) is 0 Å². The third-order valence-corrected chi connectivity index (χ3v) is 3.83. The van der Waals surface area contributed by atoms with E-state index in [-0.39, 0.29) is 18.2 Å². The summed E-state index contributed by atoms with van der Waals surface area (Å²) in [5, 5.41) is 5.58. The molecule has 0 fully saturated rings. The summed E-state index contributed by atoms with van der Waals surface area (Å²) in [5.41, 5.74) is 2.32. The molecule has 134 valence electrons. The lowest BCUT2D eigenvalue weighted by atomic mass is 9.98. The van der Waals surface area contributed by atoms with E-state index in [1.54, 1.807) is 0 Å². The zero-order chi connectivity index (χ0) is 18.6. The number of halogens is 3. The van der Waals surface area contributed by atoms with Crippen LogP contribution in [0, 0.1) is 6.92 Å². The van der Waals surface area contributed by atoms with Gasteiger partial charge in [-0.15, -0.1) is 0 Å². The molecule has 2 aromatic rings. The van der Waals surface area contributed by atoms with Gasteiger partial charge in [-0.05, 0) is 42.2 Å². The first-order valence-corrected chi connectivity index (χ1v) is 7.99. The molecule has 0 radical (unpaired) electrons. The predicted octanol–water partition coefficient (Wildman–Crippen LogP) is 5.19. The zero-order valence-corrected chi connectivity index (χ0v) is 14.4. The lowest BCUT2D eigenvalue weighted by molar-refractivity contribution is -0.137. The number of hydrogen-bond acceptors (Lipinski definition) is 2. The smallest absolute Gasteiger partial charge is 0.376 e. The van der Waals surface area contributed by atoms with Crippen LogP contribution < -0.4 is 10.6 Å². The molecule has 0 aliphatic rings. The number of amides is 1. The molecular formula is C19H21F3N2O. The number of benzene rings is 2. The van der Waals surface area contributed by atoms with Gasteiger partial charge in [0.25, 0.3) is 0 Å². The van der Waals surface area contributed by atoms with Crippen molar-refractivity contribution in [1.29, 1.82) is 0 Å². The molecule has 2 aromatic carbocycles. The van der Waals surface area contributed by atoms with Crippen LogP contribution in [0.1, 0.15) is 36.5 Å². The lowest BCUT2D eigenvalue weighted by Crippen LogP contribution is -2.23. The first-order valence-electron chi connectivity index (χ1n) is 7.99. The van der Waals surface area contributed by atoms with Crippen LogP contribution in [0.5, 0.6) is 0 Å². The van der Waals surface area contributed by atoms with Crippen molar-refractivity contribution in [2.45, 2.75) is 32.9 Å². The molecule has 0 spiro atoms. The van der Waals surface area contributed by atoms with Crippen molar-refractivity contribution in [2.24, 2.45) is 0 Å². The molecule has 0 unspecified atom stereocenters. The summed E-state index contributed by atoms with van der Waals surface area (Å²) < 4.78 is 38.1. The van der Waals surface area contributed by atoms with Gasteiger partial charge < -0.3 is 10.6 Å². The molecule has 3 nitrogen and oxygen atoms in total. The number of rotatable bonds is 5. The Kier molecular flexibility index (Phi) is 5.72. The predicted molar refractivity (Wildman–Crippen MR) is 93.8 cm³/mol. The Balaban J connectivity index is 2.05. The largest absolute Gasteiger partial charge is 0.416 e. The third-order valence-electron chi connectivity index (χ3n) is 3.83. The molecule has 0 heterocycles. The van der Waals surface area contributed by atoms with Gasteiger partial charge in [-0.3, -0.25) is 4.79 Å². The van der Waals surface area contributed by atoms with Crippen molar-refractivity contribution in [2.75, 3.05) is 17.2 Å². The fourth-order valence-electron chi connectivity index (χ4n) is 2.56. The van der Waals surface area contributed by atoms with Gasteiger partial charge in [0.2, 0.25) is 5.91 Å². The second kappa shape index (κ2) is 7.59. The topological polar surface area (TPSA) is 41.1 Å². The molecule has 0 aliphatic carbocycles. The molecule has 0 aromatic heterocycles. The summed E-state index contributed by atoms with van der Waals surface area (Å²) in [6, 6.07) is 10.5. The SMILES string of the molecule is Cc1cccc(C(C)C)c1NCC(=O)Nc1cccc(C(F)(F)F)c1. The highest BCUT2D eigenvalue weighted by atomic mass is 19.4. The van der Waals surface area contributed by atoms with Crippen molar-refractivity contribution in [3.05, 3.63) is 59.2 Å². The number of anilines is 2. The Labute approximate surface area is 145 Å². The van der Waals surface area contributed by atoms with Crippen LogP contribution in [-0.2, 0) is 11.0 Å². The van der Waals surface area contributed by atoms with Gasteiger partial charge in [0.05, 0.1) is 12.1 Å². The second-order valence-corrected chi connectivity index (χ2v) is 6.17. The van der Waals surface area contributed by atoms with Crippen LogP contribution in [-0.4, -0.2) is 12.5 Å². The average molecular weight is 350 g/mol. The fraction of sp³-hybridized carbons (Fsp3) is 0.316. The van der Waals surface area contributed by atoms with E-state index in [9.17, 15) is 18.0 Å². The second-order valence-electron chi connectivity index (χ2n) is 6.17. The van der Waals surface area contributed by atoms with Crippen molar-refractivity contribution in [1.82, 2.24) is 0 Å². The number of hydrogen-bond donors (Lipinski definition) is 2. The first-order chi connectivity index (χ1) is 11.7. The molecule has 6 heteroatoms. The summed E-state index contributed by atoms with van der Waals surface area (Å²) in [6.45, 7) is 6.03. The standard InChI is InChI=1S/C19H21F3N2O/c1-12(2)16-9-4-6-13(3)18(16)23-11-17(25)24-15-8-5-7-14(10-15)19(20,21)22/h4-10,12,23H,11H2,1-3H3,(H,24,25). The average Bonchev–Trinajstić information content (AvgIpc) is 2.52. The fourth-order valence-corrected chi connectivity index (χ4v) is 2.56. The van der Waals surface area contributed by atoms with E-state index in [2.05, 4.69) is 24.5 Å². The minimum Gasteiger partial charge on any atom is -0.376 e. The third kappa shape index (κ3) is 4.98. The Morgan fingerprint density at radius 1 is 1.12 bits per heavy atom. The first kappa shape index (κ1) is 18.8. The Bertz CT molecular complexity index is 755. The van der Waals surface area contributed by atoms with E-state index in [0.29, 0.717) is 0 Å². The van der Waals surface area contributed by atoms with Crippen molar-refractivity contribution < 1.29 is 18.0 Å². The number of aryl methyl sites for hydroxylation is 1. The molecule has 0 atom stereocenters. The van der Waals surface area contributed by atoms with Gasteiger partial charge in [-0.2, -0.15) is 13.2 Å². The highest BCUT2D eigenvalue weighted by Crippen LogP contribution is 2.31. The van der Waals surface area contributed by atoms with Crippen LogP contribution in [0.4, 0.5) is 24.5 Å². The monoisotopic (exact) mass is 350 g/mol. The number of carbonyl (C=O) groups is 1. The molecule has 0 aliphatic heterocycles. The normalized spacial score (nSPS) is 11.5. The van der Waals surface area contributed by atoms with Gasteiger partial charge in [0, 0.05) is 11.4 Å². The lowest BCUT2D eigenvalue weighted by Gasteiger charge is -2.17. The maximum absolute atomic E-state index is 12.7. The molecule has 25 heavy (non-hydrogen) atoms. The Morgan fingerprint density at radius 3 is 2.44 bits per heavy atom. The summed E-state index contributed by atoms with van der Waals surface area (Å²) >= 11 is 0. The minimum atomic E-state index is -4.44.